The van der Waals surface area contributed by atoms with Gasteiger partial charge in [-0.25, -0.2) is 27.9 Å². The first-order valence-corrected chi connectivity index (χ1v) is 15.6. The molecule has 5 rings (SSSR count). The Balaban J connectivity index is 1.87. The Morgan fingerprint density at radius 2 is 1.79 bits per heavy atom. The summed E-state index contributed by atoms with van der Waals surface area (Å²) in [5.74, 6) is -4.30. The number of anilines is 1. The Hall–Kier alpha value is -5.07. The molecule has 0 unspecified atom stereocenters. The molecule has 1 aliphatic heterocycles. The van der Waals surface area contributed by atoms with Gasteiger partial charge in [0.05, 0.1) is 23.8 Å². The molecule has 0 saturated carbocycles. The maximum Gasteiger partial charge on any atom is 0.534 e. The molecule has 1 atom stereocenters. The normalized spacial score (nSPS) is 15.7. The zero-order chi connectivity index (χ0) is 35.3. The number of carbonyl (C=O) groups is 1. The molecule has 4 aromatic rings. The molecule has 0 spiro atoms. The number of benzene rings is 1. The van der Waals surface area contributed by atoms with Gasteiger partial charge in [-0.15, -0.1) is 0 Å². The largest absolute Gasteiger partial charge is 0.534 e. The molecule has 1 fully saturated rings. The van der Waals surface area contributed by atoms with E-state index < -0.39 is 62.1 Å². The van der Waals surface area contributed by atoms with Crippen LogP contribution in [0.3, 0.4) is 0 Å². The van der Waals surface area contributed by atoms with Gasteiger partial charge in [0.1, 0.15) is 28.8 Å². The van der Waals surface area contributed by atoms with Crippen LogP contribution in [0, 0.1) is 11.6 Å². The molecule has 13 nitrogen and oxygen atoms in total. The molecule has 19 heteroatoms. The van der Waals surface area contributed by atoms with Crippen molar-refractivity contribution in [3.05, 3.63) is 64.3 Å². The van der Waals surface area contributed by atoms with Crippen molar-refractivity contribution in [1.29, 1.82) is 0 Å². The van der Waals surface area contributed by atoms with Crippen molar-refractivity contribution in [2.24, 2.45) is 0 Å². The van der Waals surface area contributed by atoms with Gasteiger partial charge in [-0.3, -0.25) is 4.98 Å². The van der Waals surface area contributed by atoms with Crippen LogP contribution >= 0.6 is 0 Å². The smallest absolute Gasteiger partial charge is 0.494 e. The summed E-state index contributed by atoms with van der Waals surface area (Å²) < 4.78 is 106. The number of fused-ring (bicyclic) bond motifs is 1. The molecule has 1 saturated heterocycles. The van der Waals surface area contributed by atoms with Gasteiger partial charge in [-0.05, 0) is 31.0 Å². The summed E-state index contributed by atoms with van der Waals surface area (Å²) in [6.07, 6.45) is 0.242. The summed E-state index contributed by atoms with van der Waals surface area (Å²) in [7, 11) is -5.02. The lowest BCUT2D eigenvalue weighted by atomic mass is 10.1. The van der Waals surface area contributed by atoms with Gasteiger partial charge in [0.15, 0.2) is 17.2 Å². The van der Waals surface area contributed by atoms with E-state index in [0.717, 1.165) is 27.7 Å². The van der Waals surface area contributed by atoms with Crippen LogP contribution in [0.5, 0.6) is 11.5 Å². The number of methoxy groups -OCH3 is 1. The maximum atomic E-state index is 16.1. The topological polar surface area (TPSA) is 157 Å². The summed E-state index contributed by atoms with van der Waals surface area (Å²) in [6, 6.07) is 3.92. The molecule has 0 aliphatic carbocycles. The molecule has 1 amide bonds. The maximum absolute atomic E-state index is 16.1. The Kier molecular flexibility index (Phi) is 8.93. The number of nitrogens with zero attached hydrogens (tertiary/aromatic N) is 6. The van der Waals surface area contributed by atoms with Gasteiger partial charge in [-0.2, -0.15) is 26.6 Å². The van der Waals surface area contributed by atoms with E-state index in [9.17, 15) is 36.3 Å². The molecule has 0 radical (unpaired) electrons. The number of hydrogen-bond donors (Lipinski definition) is 1. The second-order valence-corrected chi connectivity index (χ2v) is 12.6. The molecule has 256 valence electrons. The highest BCUT2D eigenvalue weighted by Gasteiger charge is 2.49. The van der Waals surface area contributed by atoms with Crippen molar-refractivity contribution < 1.29 is 49.2 Å². The van der Waals surface area contributed by atoms with E-state index >= 15 is 8.78 Å². The fourth-order valence-corrected chi connectivity index (χ4v) is 5.85. The number of alkyl halides is 3. The van der Waals surface area contributed by atoms with Crippen molar-refractivity contribution in [2.75, 3.05) is 31.6 Å². The van der Waals surface area contributed by atoms with Crippen molar-refractivity contribution in [3.63, 3.8) is 0 Å². The van der Waals surface area contributed by atoms with Gasteiger partial charge < -0.3 is 23.8 Å². The summed E-state index contributed by atoms with van der Waals surface area (Å²) in [5, 5.41) is 9.34. The lowest BCUT2D eigenvalue weighted by molar-refractivity contribution is -0.0500. The molecule has 0 bridgehead atoms. The highest BCUT2D eigenvalue weighted by Crippen LogP contribution is 2.40. The Labute approximate surface area is 269 Å². The average molecular weight is 699 g/mol. The number of ether oxygens (including phenoxy) is 1. The third-order valence-corrected chi connectivity index (χ3v) is 8.54. The van der Waals surface area contributed by atoms with Crippen LogP contribution in [0.4, 0.5) is 32.6 Å². The second-order valence-electron chi connectivity index (χ2n) is 11.0. The van der Waals surface area contributed by atoms with Crippen LogP contribution in [0.2, 0.25) is 0 Å². The summed E-state index contributed by atoms with van der Waals surface area (Å²) in [5.41, 5.74) is -9.01. The SMILES string of the molecule is COc1ccnc(C(C)C)c1-n1c(=O)nc(N2CCN(C(=O)O)C[C@@H]2C)c2cc(F)c(-c3c(F)cccc3OS(=O)(=O)C(F)(F)F)nc21. The first-order chi connectivity index (χ1) is 22.5. The highest BCUT2D eigenvalue weighted by atomic mass is 32.2. The third-order valence-electron chi connectivity index (χ3n) is 7.57. The van der Waals surface area contributed by atoms with Crippen LogP contribution in [-0.2, 0) is 10.1 Å². The summed E-state index contributed by atoms with van der Waals surface area (Å²) in [6.45, 7) is 5.18. The minimum Gasteiger partial charge on any atom is -0.494 e. The number of rotatable bonds is 7. The molecule has 1 aromatic carbocycles. The minimum absolute atomic E-state index is 0.00252. The Bertz CT molecular complexity index is 2090. The zero-order valence-corrected chi connectivity index (χ0v) is 26.4. The van der Waals surface area contributed by atoms with Crippen molar-refractivity contribution in [3.8, 4) is 28.4 Å². The Morgan fingerprint density at radius 1 is 1.08 bits per heavy atom. The molecule has 1 N–H and O–H groups in total. The lowest BCUT2D eigenvalue weighted by Gasteiger charge is -2.39. The van der Waals surface area contributed by atoms with Crippen LogP contribution in [-0.4, -0.2) is 82.3 Å². The van der Waals surface area contributed by atoms with Crippen LogP contribution in [0.1, 0.15) is 32.4 Å². The van der Waals surface area contributed by atoms with E-state index in [2.05, 4.69) is 19.1 Å². The van der Waals surface area contributed by atoms with E-state index in [4.69, 9.17) is 4.74 Å². The minimum atomic E-state index is -6.33. The molecule has 3 aromatic heterocycles. The zero-order valence-electron chi connectivity index (χ0n) is 25.6. The monoisotopic (exact) mass is 698 g/mol. The predicted octanol–water partition coefficient (Wildman–Crippen LogP) is 4.67. The van der Waals surface area contributed by atoms with E-state index in [0.29, 0.717) is 11.8 Å². The molecular weight excluding hydrogens is 671 g/mol. The van der Waals surface area contributed by atoms with E-state index in [-0.39, 0.29) is 53.8 Å². The van der Waals surface area contributed by atoms with Crippen LogP contribution in [0.15, 0.2) is 41.3 Å². The van der Waals surface area contributed by atoms with Gasteiger partial charge in [0.25, 0.3) is 0 Å². The molecular formula is C29H27F5N6O7S. The third kappa shape index (κ3) is 6.04. The Morgan fingerprint density at radius 3 is 2.40 bits per heavy atom. The van der Waals surface area contributed by atoms with Crippen LogP contribution in [0.25, 0.3) is 28.0 Å². The van der Waals surface area contributed by atoms with Crippen molar-refractivity contribution in [2.45, 2.75) is 38.2 Å². The first-order valence-electron chi connectivity index (χ1n) is 14.2. The number of pyridine rings is 2. The summed E-state index contributed by atoms with van der Waals surface area (Å²) in [4.78, 5) is 41.1. The fraction of sp³-hybridized carbons (Fsp3) is 0.345. The number of halogens is 5. The number of carboxylic acid groups (broad SMARTS) is 1. The standard InChI is InChI=1S/C29H27F5N6O7S/c1-14(2)22-24(20(46-4)8-9-35-22)40-26-16(25(37-27(40)41)39-11-10-38(28(42)43)13-15(39)3)12-18(31)23(36-26)21-17(30)6-5-7-19(21)47-48(44,45)29(32,33)34/h5-9,12,14-15H,10-11,13H2,1-4H3,(H,42,43)/t15-/m0/s1. The number of aromatic nitrogens is 4. The fourth-order valence-electron chi connectivity index (χ4n) is 5.38. The molecule has 1 aliphatic rings. The quantitative estimate of drug-likeness (QED) is 0.163. The lowest BCUT2D eigenvalue weighted by Crippen LogP contribution is -2.54. The number of amides is 1. The first kappa shape index (κ1) is 34.3. The van der Waals surface area contributed by atoms with E-state index in [1.165, 1.54) is 19.4 Å². The van der Waals surface area contributed by atoms with Gasteiger partial charge in [-0.1, -0.05) is 19.9 Å². The molecule has 4 heterocycles. The van der Waals surface area contributed by atoms with E-state index in [1.54, 1.807) is 25.7 Å². The second kappa shape index (κ2) is 12.5. The average Bonchev–Trinajstić information content (AvgIpc) is 3.00. The highest BCUT2D eigenvalue weighted by molar-refractivity contribution is 7.88. The van der Waals surface area contributed by atoms with Crippen LogP contribution < -0.4 is 19.5 Å². The van der Waals surface area contributed by atoms with E-state index in [1.807, 2.05) is 0 Å². The van der Waals surface area contributed by atoms with Gasteiger partial charge >= 0.3 is 27.4 Å². The van der Waals surface area contributed by atoms with Gasteiger partial charge in [0.2, 0.25) is 0 Å². The van der Waals surface area contributed by atoms with Crippen molar-refractivity contribution in [1.82, 2.24) is 24.4 Å². The summed E-state index contributed by atoms with van der Waals surface area (Å²) >= 11 is 0. The predicted molar refractivity (Wildman–Crippen MR) is 161 cm³/mol. The van der Waals surface area contributed by atoms with Crippen molar-refractivity contribution >= 4 is 33.1 Å². The number of hydrogen-bond acceptors (Lipinski definition) is 10. The van der Waals surface area contributed by atoms with Gasteiger partial charge in [0, 0.05) is 37.9 Å². The number of piperazine rings is 1. The molecule has 48 heavy (non-hydrogen) atoms.